The summed E-state index contributed by atoms with van der Waals surface area (Å²) in [4.78, 5) is 66.3. The highest BCUT2D eigenvalue weighted by Gasteiger charge is 2.42. The first-order chi connectivity index (χ1) is 20.0. The standard InChI is InChI=1S/C25H43N4O11PS/c1-4-10-19(38-41(35,39-36-17(2)30)40-37-18(3)31)15-27-23(33)12-6-5-9-14-26-22(32)13-8-7-11-21-24-20(16-42-21)28-25(34)29-24/h19-21,24H,4-16H2,1-3H3,(H,26,32)(H,27,33)(H2,28,29,34)/t19?,20-,21?,24-/m0/s1. The average Bonchev–Trinajstić information content (AvgIpc) is 3.48. The summed E-state index contributed by atoms with van der Waals surface area (Å²) < 4.78 is 26.8. The first kappa shape index (κ1) is 35.8. The maximum absolute atomic E-state index is 12.7. The minimum Gasteiger partial charge on any atom is -0.356 e. The molecular weight excluding hydrogens is 595 g/mol. The molecule has 0 aromatic rings. The smallest absolute Gasteiger partial charge is 0.356 e. The van der Waals surface area contributed by atoms with Crippen molar-refractivity contribution in [1.82, 2.24) is 21.3 Å². The Morgan fingerprint density at radius 2 is 1.60 bits per heavy atom. The normalized spacial score (nSPS) is 20.2. The number of hydrogen-bond acceptors (Lipinski definition) is 12. The minimum atomic E-state index is -4.62. The summed E-state index contributed by atoms with van der Waals surface area (Å²) in [6.07, 6.45) is 5.57. The van der Waals surface area contributed by atoms with Crippen LogP contribution in [0.5, 0.6) is 0 Å². The van der Waals surface area contributed by atoms with Crippen molar-refractivity contribution in [3.63, 3.8) is 0 Å². The van der Waals surface area contributed by atoms with Crippen molar-refractivity contribution in [2.24, 2.45) is 0 Å². The number of carbonyl (C=O) groups is 5. The molecule has 0 aromatic carbocycles. The van der Waals surface area contributed by atoms with E-state index in [4.69, 9.17) is 4.52 Å². The molecule has 2 aliphatic heterocycles. The van der Waals surface area contributed by atoms with Crippen LogP contribution >= 0.6 is 19.6 Å². The first-order valence-electron chi connectivity index (χ1n) is 14.3. The molecule has 0 aromatic heterocycles. The molecule has 0 saturated carbocycles. The summed E-state index contributed by atoms with van der Waals surface area (Å²) in [7, 11) is -4.62. The highest BCUT2D eigenvalue weighted by molar-refractivity contribution is 8.00. The molecule has 4 atom stereocenters. The Bertz CT molecular complexity index is 951. The second-order valence-corrected chi connectivity index (χ2v) is 12.8. The number of unbranched alkanes of at least 4 members (excludes halogenated alkanes) is 3. The Balaban J connectivity index is 1.55. The van der Waals surface area contributed by atoms with Gasteiger partial charge in [0.1, 0.15) is 0 Å². The van der Waals surface area contributed by atoms with Crippen molar-refractivity contribution in [3.05, 3.63) is 0 Å². The summed E-state index contributed by atoms with van der Waals surface area (Å²) in [6, 6.07) is 0.307. The summed E-state index contributed by atoms with van der Waals surface area (Å²) >= 11 is 1.87. The van der Waals surface area contributed by atoms with Crippen molar-refractivity contribution < 1.29 is 52.2 Å². The van der Waals surface area contributed by atoms with Gasteiger partial charge < -0.3 is 21.3 Å². The highest BCUT2D eigenvalue weighted by atomic mass is 32.2. The van der Waals surface area contributed by atoms with Gasteiger partial charge in [-0.15, -0.1) is 0 Å². The molecular formula is C25H43N4O11PS. The van der Waals surface area contributed by atoms with Gasteiger partial charge in [0.05, 0.1) is 18.2 Å². The van der Waals surface area contributed by atoms with Crippen molar-refractivity contribution in [1.29, 1.82) is 0 Å². The van der Waals surface area contributed by atoms with Gasteiger partial charge in [-0.25, -0.2) is 18.9 Å². The fourth-order valence-corrected chi connectivity index (χ4v) is 7.01. The molecule has 2 heterocycles. The van der Waals surface area contributed by atoms with Crippen LogP contribution in [0.25, 0.3) is 0 Å². The van der Waals surface area contributed by atoms with Crippen LogP contribution in [0, 0.1) is 0 Å². The Hall–Kier alpha value is -2.39. The van der Waals surface area contributed by atoms with Crippen LogP contribution in [-0.4, -0.2) is 72.1 Å². The lowest BCUT2D eigenvalue weighted by Crippen LogP contribution is -2.36. The molecule has 17 heteroatoms. The van der Waals surface area contributed by atoms with Gasteiger partial charge in [-0.3, -0.25) is 23.9 Å². The molecule has 15 nitrogen and oxygen atoms in total. The van der Waals surface area contributed by atoms with Crippen LogP contribution in [0.3, 0.4) is 0 Å². The second-order valence-electron chi connectivity index (χ2n) is 10.1. The molecule has 0 aliphatic carbocycles. The minimum absolute atomic E-state index is 0.00940. The van der Waals surface area contributed by atoms with E-state index in [1.165, 1.54) is 0 Å². The number of phosphoric acid groups is 1. The number of rotatable bonds is 21. The zero-order chi connectivity index (χ0) is 31.0. The van der Waals surface area contributed by atoms with Crippen LogP contribution in [0.15, 0.2) is 0 Å². The molecule has 2 saturated heterocycles. The number of hydrogen-bond donors (Lipinski definition) is 4. The largest absolute Gasteiger partial charge is 0.547 e. The lowest BCUT2D eigenvalue weighted by molar-refractivity contribution is -0.262. The maximum atomic E-state index is 12.7. The number of carbonyl (C=O) groups excluding carboxylic acids is 5. The van der Waals surface area contributed by atoms with E-state index in [-0.39, 0.29) is 42.9 Å². The van der Waals surface area contributed by atoms with E-state index in [1.54, 1.807) is 0 Å². The molecule has 2 unspecified atom stereocenters. The molecule has 2 aliphatic rings. The number of nitrogens with one attached hydrogen (secondary N) is 4. The van der Waals surface area contributed by atoms with Gasteiger partial charge in [-0.05, 0) is 32.1 Å². The fourth-order valence-electron chi connectivity index (χ4n) is 4.43. The van der Waals surface area contributed by atoms with Gasteiger partial charge in [-0.2, -0.15) is 11.8 Å². The van der Waals surface area contributed by atoms with Gasteiger partial charge in [0.15, 0.2) is 0 Å². The third-order valence-corrected chi connectivity index (χ3v) is 8.97. The summed E-state index contributed by atoms with van der Waals surface area (Å²) in [5, 5.41) is 11.9. The molecule has 0 spiro atoms. The zero-order valence-corrected chi connectivity index (χ0v) is 26.1. The van der Waals surface area contributed by atoms with Crippen LogP contribution in [0.1, 0.15) is 85.0 Å². The van der Waals surface area contributed by atoms with Crippen LogP contribution < -0.4 is 21.3 Å². The SMILES string of the molecule is CCCC(CNC(=O)CCCCCNC(=O)CCCCC1SC[C@@H]2NC(=O)N[C@H]12)OP(=O)(OOC(C)=O)OOC(C)=O. The molecule has 2 rings (SSSR count). The Labute approximate surface area is 250 Å². The van der Waals surface area contributed by atoms with E-state index in [1.807, 2.05) is 18.7 Å². The topological polar surface area (TPSA) is 197 Å². The van der Waals surface area contributed by atoms with Gasteiger partial charge in [-0.1, -0.05) is 35.5 Å². The third-order valence-electron chi connectivity index (χ3n) is 6.39. The second kappa shape index (κ2) is 19.0. The predicted molar refractivity (Wildman–Crippen MR) is 152 cm³/mol. The van der Waals surface area contributed by atoms with E-state index < -0.39 is 25.9 Å². The summed E-state index contributed by atoms with van der Waals surface area (Å²) in [5.41, 5.74) is 0. The van der Waals surface area contributed by atoms with Crippen LogP contribution in [0.4, 0.5) is 4.79 Å². The van der Waals surface area contributed by atoms with Crippen molar-refractivity contribution in [2.45, 2.75) is 108 Å². The Morgan fingerprint density at radius 1 is 0.952 bits per heavy atom. The van der Waals surface area contributed by atoms with E-state index in [0.717, 1.165) is 51.7 Å². The predicted octanol–water partition coefficient (Wildman–Crippen LogP) is 2.79. The molecule has 42 heavy (non-hydrogen) atoms. The summed E-state index contributed by atoms with van der Waals surface area (Å²) in [5.74, 6) is -1.18. The molecule has 240 valence electrons. The molecule has 0 bridgehead atoms. The lowest BCUT2D eigenvalue weighted by atomic mass is 10.0. The van der Waals surface area contributed by atoms with Gasteiger partial charge >= 0.3 is 25.8 Å². The van der Waals surface area contributed by atoms with Crippen molar-refractivity contribution in [3.8, 4) is 0 Å². The lowest BCUT2D eigenvalue weighted by Gasteiger charge is -2.21. The molecule has 2 fully saturated rings. The van der Waals surface area contributed by atoms with E-state index in [9.17, 15) is 28.5 Å². The quantitative estimate of drug-likeness (QED) is 0.0472. The van der Waals surface area contributed by atoms with E-state index in [2.05, 4.69) is 40.4 Å². The monoisotopic (exact) mass is 638 g/mol. The molecule has 4 N–H and O–H groups in total. The third kappa shape index (κ3) is 14.2. The van der Waals surface area contributed by atoms with Gasteiger partial charge in [0, 0.05) is 50.8 Å². The Morgan fingerprint density at radius 3 is 2.24 bits per heavy atom. The molecule has 0 radical (unpaired) electrons. The summed E-state index contributed by atoms with van der Waals surface area (Å²) in [6.45, 7) is 4.33. The number of urea groups is 1. The maximum Gasteiger partial charge on any atom is 0.547 e. The van der Waals surface area contributed by atoms with Gasteiger partial charge in [0.2, 0.25) is 11.8 Å². The number of thioether (sulfide) groups is 1. The average molecular weight is 639 g/mol. The van der Waals surface area contributed by atoms with Crippen molar-refractivity contribution in [2.75, 3.05) is 18.8 Å². The van der Waals surface area contributed by atoms with Gasteiger partial charge in [0.25, 0.3) is 0 Å². The number of fused-ring (bicyclic) bond motifs is 1. The molecule has 4 amide bonds. The zero-order valence-electron chi connectivity index (χ0n) is 24.3. The number of amides is 4. The fraction of sp³-hybridized carbons (Fsp3) is 0.800. The first-order valence-corrected chi connectivity index (χ1v) is 16.8. The van der Waals surface area contributed by atoms with Crippen LogP contribution in [-0.2, 0) is 47.4 Å². The van der Waals surface area contributed by atoms with Crippen LogP contribution in [0.2, 0.25) is 0 Å². The van der Waals surface area contributed by atoms with E-state index >= 15 is 0 Å². The van der Waals surface area contributed by atoms with Crippen molar-refractivity contribution >= 4 is 49.4 Å². The highest BCUT2D eigenvalue weighted by Crippen LogP contribution is 2.51. The van der Waals surface area contributed by atoms with E-state index in [0.29, 0.717) is 37.5 Å². The Kier molecular flexibility index (Phi) is 16.2.